The zero-order valence-corrected chi connectivity index (χ0v) is 10.8. The molecule has 100 valence electrons. The Hall–Kier alpha value is -0.160. The minimum Gasteiger partial charge on any atom is -0.412 e. The second kappa shape index (κ2) is 17.2. The maximum Gasteiger partial charge on any atom is 0.0466 e. The first-order valence-corrected chi connectivity index (χ1v) is 6.15. The quantitative estimate of drug-likeness (QED) is 0.734. The molecule has 2 heterocycles. The predicted molar refractivity (Wildman–Crippen MR) is 65.9 cm³/mol. The molecule has 0 aromatic rings. The van der Waals surface area contributed by atoms with Crippen molar-refractivity contribution in [3.8, 4) is 0 Å². The zero-order chi connectivity index (χ0) is 11.2. The topological polar surface area (TPSA) is 59.2 Å². The van der Waals surface area contributed by atoms with Gasteiger partial charge in [-0.05, 0) is 39.5 Å². The van der Waals surface area contributed by atoms with Crippen LogP contribution in [0.1, 0.15) is 39.5 Å². The molecule has 2 rings (SSSR count). The van der Waals surface area contributed by atoms with Gasteiger partial charge in [0.1, 0.15) is 0 Å². The Morgan fingerprint density at radius 2 is 1.06 bits per heavy atom. The fourth-order valence-electron chi connectivity index (χ4n) is 1.22. The van der Waals surface area contributed by atoms with Gasteiger partial charge in [-0.15, -0.1) is 0 Å². The van der Waals surface area contributed by atoms with Gasteiger partial charge in [0.2, 0.25) is 0 Å². The highest BCUT2D eigenvalue weighted by atomic mass is 16.5. The van der Waals surface area contributed by atoms with Crippen molar-refractivity contribution in [2.45, 2.75) is 39.5 Å². The summed E-state index contributed by atoms with van der Waals surface area (Å²) in [5.74, 6) is 0. The van der Waals surface area contributed by atoms with Crippen molar-refractivity contribution in [3.05, 3.63) is 0 Å². The van der Waals surface area contributed by atoms with Crippen molar-refractivity contribution < 1.29 is 19.7 Å². The van der Waals surface area contributed by atoms with Gasteiger partial charge in [0.05, 0.1) is 0 Å². The molecule has 2 N–H and O–H groups in total. The van der Waals surface area contributed by atoms with Crippen molar-refractivity contribution >= 4 is 0 Å². The molecule has 16 heavy (non-hydrogen) atoms. The van der Waals surface area contributed by atoms with Crippen molar-refractivity contribution in [3.63, 3.8) is 0 Å². The van der Waals surface area contributed by atoms with E-state index >= 15 is 0 Å². The van der Waals surface area contributed by atoms with E-state index in [4.69, 9.17) is 14.2 Å². The summed E-state index contributed by atoms with van der Waals surface area (Å²) in [4.78, 5) is 0. The van der Waals surface area contributed by atoms with Gasteiger partial charge in [0, 0.05) is 39.6 Å². The maximum absolute atomic E-state index is 4.94. The first-order valence-electron chi connectivity index (χ1n) is 6.15. The third kappa shape index (κ3) is 16.3. The Morgan fingerprint density at radius 3 is 1.12 bits per heavy atom. The monoisotopic (exact) mass is 236 g/mol. The normalized spacial score (nSPS) is 17.6. The second-order valence-corrected chi connectivity index (χ2v) is 3.42. The van der Waals surface area contributed by atoms with Crippen LogP contribution in [0, 0.1) is 0 Å². The summed E-state index contributed by atoms with van der Waals surface area (Å²) in [6, 6.07) is 0. The van der Waals surface area contributed by atoms with E-state index in [1.54, 1.807) is 0 Å². The molecule has 0 atom stereocenters. The highest BCUT2D eigenvalue weighted by molar-refractivity contribution is 4.44. The van der Waals surface area contributed by atoms with Gasteiger partial charge in [-0.25, -0.2) is 0 Å². The number of rotatable bonds is 2. The molecule has 4 heteroatoms. The maximum atomic E-state index is 4.94. The lowest BCUT2D eigenvalue weighted by Gasteiger charge is -1.86. The molecule has 0 bridgehead atoms. The summed E-state index contributed by atoms with van der Waals surface area (Å²) in [6.45, 7) is 9.67. The van der Waals surface area contributed by atoms with E-state index in [0.717, 1.165) is 39.6 Å². The average Bonchev–Trinajstić information content (AvgIpc) is 2.99. The summed E-state index contributed by atoms with van der Waals surface area (Å²) >= 11 is 0. The van der Waals surface area contributed by atoms with Crippen LogP contribution in [0.3, 0.4) is 0 Å². The zero-order valence-electron chi connectivity index (χ0n) is 10.8. The molecule has 2 aliphatic rings. The summed E-state index contributed by atoms with van der Waals surface area (Å²) in [6.07, 6.45) is 5.11. The fourth-order valence-corrected chi connectivity index (χ4v) is 1.22. The van der Waals surface area contributed by atoms with Gasteiger partial charge >= 0.3 is 0 Å². The van der Waals surface area contributed by atoms with Gasteiger partial charge in [-0.2, -0.15) is 0 Å². The molecule has 4 nitrogen and oxygen atoms in total. The molecule has 2 aliphatic heterocycles. The van der Waals surface area contributed by atoms with Gasteiger partial charge in [-0.1, -0.05) is 0 Å². The van der Waals surface area contributed by atoms with E-state index in [1.807, 2.05) is 13.8 Å². The van der Waals surface area contributed by atoms with Gasteiger partial charge in [0.25, 0.3) is 0 Å². The number of ether oxygens (including phenoxy) is 3. The van der Waals surface area contributed by atoms with E-state index < -0.39 is 0 Å². The standard InChI is InChI=1S/2C4H8O.C4H10O.H2O/c2*1-2-4-5-3-1;1-3-5-4-2;/h2*1-4H2;3-4H2,1-2H3;1H2. The van der Waals surface area contributed by atoms with Gasteiger partial charge < -0.3 is 19.7 Å². The van der Waals surface area contributed by atoms with Crippen LogP contribution in [-0.4, -0.2) is 45.1 Å². The summed E-state index contributed by atoms with van der Waals surface area (Å²) < 4.78 is 14.7. The Kier molecular flexibility index (Phi) is 19.6. The SMILES string of the molecule is C1CCOC1.C1CCOC1.CCOCC.O. The van der Waals surface area contributed by atoms with Crippen molar-refractivity contribution in [1.29, 1.82) is 0 Å². The van der Waals surface area contributed by atoms with Crippen molar-refractivity contribution in [2.24, 2.45) is 0 Å². The second-order valence-electron chi connectivity index (χ2n) is 3.42. The van der Waals surface area contributed by atoms with Crippen LogP contribution in [0.15, 0.2) is 0 Å². The molecule has 2 fully saturated rings. The van der Waals surface area contributed by atoms with Crippen LogP contribution in [0.2, 0.25) is 0 Å². The summed E-state index contributed by atoms with van der Waals surface area (Å²) in [7, 11) is 0. The first kappa shape index (κ1) is 18.2. The van der Waals surface area contributed by atoms with E-state index in [-0.39, 0.29) is 5.48 Å². The van der Waals surface area contributed by atoms with Crippen LogP contribution in [0.4, 0.5) is 0 Å². The predicted octanol–water partition coefficient (Wildman–Crippen LogP) is 1.81. The molecule has 0 amide bonds. The van der Waals surface area contributed by atoms with Crippen molar-refractivity contribution in [2.75, 3.05) is 39.6 Å². The van der Waals surface area contributed by atoms with Crippen LogP contribution in [0.5, 0.6) is 0 Å². The molecule has 0 aromatic heterocycles. The Bertz CT molecular complexity index is 74.0. The molecule has 0 spiro atoms. The lowest BCUT2D eigenvalue weighted by Crippen LogP contribution is -1.84. The highest BCUT2D eigenvalue weighted by Crippen LogP contribution is 1.98. The molecular formula is C12H28O4. The lowest BCUT2D eigenvalue weighted by molar-refractivity contribution is 0.162. The van der Waals surface area contributed by atoms with E-state index in [1.165, 1.54) is 25.7 Å². The van der Waals surface area contributed by atoms with Gasteiger partial charge in [-0.3, -0.25) is 0 Å². The fraction of sp³-hybridized carbons (Fsp3) is 1.00. The minimum atomic E-state index is 0. The average molecular weight is 236 g/mol. The Morgan fingerprint density at radius 1 is 0.750 bits per heavy atom. The lowest BCUT2D eigenvalue weighted by atomic mass is 10.4. The van der Waals surface area contributed by atoms with E-state index in [9.17, 15) is 0 Å². The highest BCUT2D eigenvalue weighted by Gasteiger charge is 1.95. The first-order chi connectivity index (χ1) is 7.41. The van der Waals surface area contributed by atoms with Crippen LogP contribution >= 0.6 is 0 Å². The Balaban J connectivity index is 0. The number of hydrogen-bond acceptors (Lipinski definition) is 3. The smallest absolute Gasteiger partial charge is 0.0466 e. The molecule has 0 radical (unpaired) electrons. The molecule has 2 saturated heterocycles. The Labute approximate surface area is 99.6 Å². The molecular weight excluding hydrogens is 208 g/mol. The minimum absolute atomic E-state index is 0. The number of hydrogen-bond donors (Lipinski definition) is 0. The summed E-state index contributed by atoms with van der Waals surface area (Å²) in [5, 5.41) is 0. The molecule has 0 saturated carbocycles. The van der Waals surface area contributed by atoms with Crippen LogP contribution < -0.4 is 0 Å². The molecule has 0 unspecified atom stereocenters. The van der Waals surface area contributed by atoms with E-state index in [0.29, 0.717) is 0 Å². The van der Waals surface area contributed by atoms with E-state index in [2.05, 4.69) is 0 Å². The van der Waals surface area contributed by atoms with Crippen molar-refractivity contribution in [1.82, 2.24) is 0 Å². The van der Waals surface area contributed by atoms with Gasteiger partial charge in [0.15, 0.2) is 0 Å². The molecule has 0 aromatic carbocycles. The third-order valence-corrected chi connectivity index (χ3v) is 2.06. The molecule has 0 aliphatic carbocycles. The summed E-state index contributed by atoms with van der Waals surface area (Å²) in [5.41, 5.74) is 0. The third-order valence-electron chi connectivity index (χ3n) is 2.06. The van der Waals surface area contributed by atoms with Crippen LogP contribution in [-0.2, 0) is 14.2 Å². The van der Waals surface area contributed by atoms with Crippen LogP contribution in [0.25, 0.3) is 0 Å². The largest absolute Gasteiger partial charge is 0.412 e.